The molecule has 2 aromatic heterocycles. The molecule has 32 heavy (non-hydrogen) atoms. The molecular formula is C25H24N6O. The van der Waals surface area contributed by atoms with E-state index in [1.165, 1.54) is 5.56 Å². The Morgan fingerprint density at radius 2 is 1.81 bits per heavy atom. The fourth-order valence-corrected chi connectivity index (χ4v) is 3.80. The fraction of sp³-hybridized carbons (Fsp3) is 0.160. The number of hydrogen-bond acceptors (Lipinski definition) is 4. The van der Waals surface area contributed by atoms with Gasteiger partial charge in [0, 0.05) is 22.3 Å². The number of nitrogens with zero attached hydrogens (tertiary/aromatic N) is 2. The number of fused-ring (bicyclic) bond motifs is 2. The average molecular weight is 425 g/mol. The van der Waals surface area contributed by atoms with E-state index in [9.17, 15) is 4.79 Å². The molecule has 0 unspecified atom stereocenters. The first-order valence-corrected chi connectivity index (χ1v) is 10.5. The lowest BCUT2D eigenvalue weighted by atomic mass is 9.86. The molecule has 0 aliphatic heterocycles. The Bertz CT molecular complexity index is 1440. The number of aromatic nitrogens is 4. The number of carbonyl (C=O) groups is 1. The van der Waals surface area contributed by atoms with Crippen molar-refractivity contribution in [2.75, 3.05) is 10.6 Å². The Morgan fingerprint density at radius 3 is 2.66 bits per heavy atom. The molecule has 5 rings (SSSR count). The van der Waals surface area contributed by atoms with Gasteiger partial charge in [0.2, 0.25) is 5.95 Å². The molecule has 2 heterocycles. The van der Waals surface area contributed by atoms with E-state index in [-0.39, 0.29) is 11.3 Å². The number of rotatable bonds is 4. The summed E-state index contributed by atoms with van der Waals surface area (Å²) in [7, 11) is 0. The maximum absolute atomic E-state index is 12.8. The van der Waals surface area contributed by atoms with E-state index in [1.54, 1.807) is 12.3 Å². The van der Waals surface area contributed by atoms with Gasteiger partial charge in [0.1, 0.15) is 0 Å². The molecule has 7 nitrogen and oxygen atoms in total. The maximum atomic E-state index is 12.8. The summed E-state index contributed by atoms with van der Waals surface area (Å²) in [5, 5.41) is 14.3. The minimum absolute atomic E-state index is 0.0000685. The van der Waals surface area contributed by atoms with Crippen LogP contribution in [0.5, 0.6) is 0 Å². The average Bonchev–Trinajstić information content (AvgIpc) is 3.38. The van der Waals surface area contributed by atoms with Crippen molar-refractivity contribution in [1.29, 1.82) is 0 Å². The van der Waals surface area contributed by atoms with Crippen molar-refractivity contribution >= 4 is 45.2 Å². The first-order valence-electron chi connectivity index (χ1n) is 10.5. The summed E-state index contributed by atoms with van der Waals surface area (Å²) in [6.07, 6.45) is 1.75. The third kappa shape index (κ3) is 3.80. The zero-order valence-electron chi connectivity index (χ0n) is 18.2. The first kappa shape index (κ1) is 19.8. The molecule has 160 valence electrons. The predicted octanol–water partition coefficient (Wildman–Crippen LogP) is 5.73. The lowest BCUT2D eigenvalue weighted by Gasteiger charge is -2.22. The Hall–Kier alpha value is -4.13. The van der Waals surface area contributed by atoms with Crippen molar-refractivity contribution < 1.29 is 4.79 Å². The standard InChI is InChI=1S/C25H24N6O/c1-25(2,3)18-6-4-5-7-19(18)28-24-29-20-11-9-15(12-22(20)30-24)23(32)27-17-10-8-16-14-26-31-21(16)13-17/h4-14H,1-3H3,(H,26,31)(H,27,32)(H2,28,29,30). The number of para-hydroxylation sites is 1. The molecule has 0 aliphatic carbocycles. The highest BCUT2D eigenvalue weighted by Gasteiger charge is 2.18. The van der Waals surface area contributed by atoms with Crippen molar-refractivity contribution in [3.8, 4) is 0 Å². The van der Waals surface area contributed by atoms with Gasteiger partial charge in [-0.25, -0.2) is 4.98 Å². The summed E-state index contributed by atoms with van der Waals surface area (Å²) < 4.78 is 0. The Kier molecular flexibility index (Phi) is 4.66. The highest BCUT2D eigenvalue weighted by Crippen LogP contribution is 2.31. The normalized spacial score (nSPS) is 11.7. The number of aromatic amines is 2. The van der Waals surface area contributed by atoms with Crippen LogP contribution in [0.1, 0.15) is 36.7 Å². The molecule has 0 atom stereocenters. The minimum Gasteiger partial charge on any atom is -0.325 e. The van der Waals surface area contributed by atoms with E-state index in [1.807, 2.05) is 48.5 Å². The van der Waals surface area contributed by atoms with Crippen LogP contribution < -0.4 is 10.6 Å². The van der Waals surface area contributed by atoms with Crippen LogP contribution in [-0.4, -0.2) is 26.1 Å². The van der Waals surface area contributed by atoms with E-state index in [0.29, 0.717) is 17.2 Å². The zero-order chi connectivity index (χ0) is 22.3. The monoisotopic (exact) mass is 424 g/mol. The van der Waals surface area contributed by atoms with E-state index < -0.39 is 0 Å². The molecule has 0 spiro atoms. The topological polar surface area (TPSA) is 98.5 Å². The summed E-state index contributed by atoms with van der Waals surface area (Å²) in [5.41, 5.74) is 5.91. The van der Waals surface area contributed by atoms with Gasteiger partial charge in [-0.3, -0.25) is 9.89 Å². The highest BCUT2D eigenvalue weighted by molar-refractivity contribution is 6.06. The molecule has 0 fully saturated rings. The summed E-state index contributed by atoms with van der Waals surface area (Å²) in [5.74, 6) is 0.451. The minimum atomic E-state index is -0.187. The molecule has 0 saturated carbocycles. The number of anilines is 3. The van der Waals surface area contributed by atoms with Gasteiger partial charge in [0.05, 0.1) is 22.7 Å². The van der Waals surface area contributed by atoms with Crippen LogP contribution in [0.25, 0.3) is 21.9 Å². The number of carbonyl (C=O) groups excluding carboxylic acids is 1. The van der Waals surface area contributed by atoms with Crippen molar-refractivity contribution in [3.05, 3.63) is 78.0 Å². The number of hydrogen-bond donors (Lipinski definition) is 4. The van der Waals surface area contributed by atoms with Gasteiger partial charge in [-0.2, -0.15) is 5.10 Å². The van der Waals surface area contributed by atoms with Crippen LogP contribution in [0, 0.1) is 0 Å². The van der Waals surface area contributed by atoms with Crippen molar-refractivity contribution in [2.24, 2.45) is 0 Å². The number of imidazole rings is 1. The molecule has 7 heteroatoms. The Labute approximate surface area is 185 Å². The summed E-state index contributed by atoms with van der Waals surface area (Å²) in [6, 6.07) is 19.3. The molecule has 0 aliphatic rings. The fourth-order valence-electron chi connectivity index (χ4n) is 3.80. The predicted molar refractivity (Wildman–Crippen MR) is 129 cm³/mol. The van der Waals surface area contributed by atoms with Crippen LogP contribution >= 0.6 is 0 Å². The third-order valence-electron chi connectivity index (χ3n) is 5.43. The van der Waals surface area contributed by atoms with Crippen LogP contribution in [0.3, 0.4) is 0 Å². The number of benzene rings is 3. The second-order valence-corrected chi connectivity index (χ2v) is 8.86. The van der Waals surface area contributed by atoms with Crippen LogP contribution in [-0.2, 0) is 5.41 Å². The van der Waals surface area contributed by atoms with Gasteiger partial charge in [-0.15, -0.1) is 0 Å². The number of nitrogens with one attached hydrogen (secondary N) is 4. The van der Waals surface area contributed by atoms with Gasteiger partial charge < -0.3 is 15.6 Å². The van der Waals surface area contributed by atoms with E-state index in [4.69, 9.17) is 0 Å². The van der Waals surface area contributed by atoms with Crippen molar-refractivity contribution in [3.63, 3.8) is 0 Å². The maximum Gasteiger partial charge on any atom is 0.255 e. The third-order valence-corrected chi connectivity index (χ3v) is 5.43. The molecule has 4 N–H and O–H groups in total. The second kappa shape index (κ2) is 7.53. The van der Waals surface area contributed by atoms with Gasteiger partial charge in [0.15, 0.2) is 0 Å². The second-order valence-electron chi connectivity index (χ2n) is 8.86. The molecule has 0 radical (unpaired) electrons. The van der Waals surface area contributed by atoms with Gasteiger partial charge in [0.25, 0.3) is 5.91 Å². The highest BCUT2D eigenvalue weighted by atomic mass is 16.1. The smallest absolute Gasteiger partial charge is 0.255 e. The molecule has 0 saturated heterocycles. The van der Waals surface area contributed by atoms with Gasteiger partial charge in [-0.05, 0) is 53.4 Å². The van der Waals surface area contributed by atoms with Crippen LogP contribution in [0.4, 0.5) is 17.3 Å². The molecule has 5 aromatic rings. The van der Waals surface area contributed by atoms with Gasteiger partial charge in [-0.1, -0.05) is 39.0 Å². The summed E-state index contributed by atoms with van der Waals surface area (Å²) >= 11 is 0. The molecular weight excluding hydrogens is 400 g/mol. The summed E-state index contributed by atoms with van der Waals surface area (Å²) in [6.45, 7) is 6.55. The SMILES string of the molecule is CC(C)(C)c1ccccc1Nc1nc2ccc(C(=O)Nc3ccc4cn[nH]c4c3)cc2[nH]1. The lowest BCUT2D eigenvalue weighted by Crippen LogP contribution is -2.13. The molecule has 3 aromatic carbocycles. The van der Waals surface area contributed by atoms with E-state index in [2.05, 4.69) is 57.6 Å². The molecule has 1 amide bonds. The van der Waals surface area contributed by atoms with Crippen molar-refractivity contribution in [2.45, 2.75) is 26.2 Å². The van der Waals surface area contributed by atoms with E-state index in [0.717, 1.165) is 27.6 Å². The van der Waals surface area contributed by atoms with Gasteiger partial charge >= 0.3 is 0 Å². The quantitative estimate of drug-likeness (QED) is 0.296. The van der Waals surface area contributed by atoms with Crippen LogP contribution in [0.2, 0.25) is 0 Å². The van der Waals surface area contributed by atoms with Crippen LogP contribution in [0.15, 0.2) is 66.9 Å². The largest absolute Gasteiger partial charge is 0.325 e. The molecule has 0 bridgehead atoms. The number of amides is 1. The van der Waals surface area contributed by atoms with Crippen molar-refractivity contribution in [1.82, 2.24) is 20.2 Å². The Morgan fingerprint density at radius 1 is 0.969 bits per heavy atom. The lowest BCUT2D eigenvalue weighted by molar-refractivity contribution is 0.102. The zero-order valence-corrected chi connectivity index (χ0v) is 18.2. The van der Waals surface area contributed by atoms with E-state index >= 15 is 0 Å². The first-order chi connectivity index (χ1) is 15.4. The Balaban J connectivity index is 1.39. The summed E-state index contributed by atoms with van der Waals surface area (Å²) in [4.78, 5) is 20.7. The number of H-pyrrole nitrogens is 2.